The first-order valence-corrected chi connectivity index (χ1v) is 45.2. The van der Waals surface area contributed by atoms with Crippen LogP contribution in [0.4, 0.5) is 38.5 Å². The highest BCUT2D eigenvalue weighted by Gasteiger charge is 2.25. The summed E-state index contributed by atoms with van der Waals surface area (Å²) in [5, 5.41) is 25.6. The van der Waals surface area contributed by atoms with Crippen LogP contribution in [-0.4, -0.2) is 0 Å². The molecule has 0 aromatic heterocycles. The number of hydrogen-bond donors (Lipinski definition) is 0. The van der Waals surface area contributed by atoms with E-state index in [0.29, 0.717) is 0 Å². The molecule has 24 aromatic rings. The van der Waals surface area contributed by atoms with Crippen LogP contribution in [0.2, 0.25) is 0 Å². The largest absolute Gasteiger partial charge is 0.311 e. The molecule has 0 spiro atoms. The molecule has 2 nitrogen and oxygen atoms in total. The monoisotopic (exact) mass is 1660 g/mol. The summed E-state index contributed by atoms with van der Waals surface area (Å²) in [6.45, 7) is 15.4. The lowest BCUT2D eigenvalue weighted by Crippen LogP contribution is -2.09. The molecule has 0 heterocycles. The quantitative estimate of drug-likeness (QED) is 0.0791. The molecule has 0 radical (unpaired) electrons. The molecule has 0 atom stereocenters. The van der Waals surface area contributed by atoms with Crippen molar-refractivity contribution in [3.63, 3.8) is 0 Å². The average molecular weight is 1660 g/mol. The maximum Gasteiger partial charge on any atom is 0.123 e. The zero-order valence-electron chi connectivity index (χ0n) is 73.7. The zero-order chi connectivity index (χ0) is 87.5. The van der Waals surface area contributed by atoms with Gasteiger partial charge in [0.05, 0.1) is 0 Å². The summed E-state index contributed by atoms with van der Waals surface area (Å²) in [6.07, 6.45) is 0. The second kappa shape index (κ2) is 32.1. The van der Waals surface area contributed by atoms with Crippen molar-refractivity contribution in [1.82, 2.24) is 0 Å². The van der Waals surface area contributed by atoms with Gasteiger partial charge in [-0.1, -0.05) is 344 Å². The highest BCUT2D eigenvalue weighted by Crippen LogP contribution is 2.51. The second-order valence-corrected chi connectivity index (χ2v) is 35.6. The Balaban J connectivity index is 0.000000148. The SMILES string of the molecule is Cc1ccc(N(c2ccc(C)cc2)c2ccc(-c3c4ccccc4c(-c4cc(C)cc(-c5cc(C)c(-c6ccc7ccc8cccc9ccc6c7c89)cc5C)c4)c4ccccc34)cc2)cc1.Cc1ccc(N(c2ccc(F)cc2)c2ccc(-c3c4ccccc4c(-c4cc(C)cc(-c5ccc(-c6ccc7ccc8cccc9ccc6c7c89)cc5)c4)c4ccccc34)cc2)cc1. The predicted molar refractivity (Wildman–Crippen MR) is 556 cm³/mol. The number of fused-ring (bicyclic) bond motifs is 4. The van der Waals surface area contributed by atoms with E-state index in [9.17, 15) is 4.39 Å². The van der Waals surface area contributed by atoms with Crippen LogP contribution >= 0.6 is 0 Å². The number of nitrogens with zero attached hydrogens (tertiary/aromatic N) is 2. The number of hydrogen-bond acceptors (Lipinski definition) is 2. The average Bonchev–Trinajstić information content (AvgIpc) is 0.741. The summed E-state index contributed by atoms with van der Waals surface area (Å²) in [4.78, 5) is 4.53. The molecule has 0 fully saturated rings. The van der Waals surface area contributed by atoms with Crippen molar-refractivity contribution in [2.75, 3.05) is 9.80 Å². The van der Waals surface area contributed by atoms with Gasteiger partial charge < -0.3 is 9.80 Å². The van der Waals surface area contributed by atoms with E-state index in [1.807, 2.05) is 12.1 Å². The Morgan fingerprint density at radius 2 is 0.438 bits per heavy atom. The van der Waals surface area contributed by atoms with Crippen LogP contribution in [0.25, 0.3) is 197 Å². The van der Waals surface area contributed by atoms with Crippen LogP contribution in [0.15, 0.2) is 425 Å². The summed E-state index contributed by atoms with van der Waals surface area (Å²) >= 11 is 0. The Morgan fingerprint density at radius 3 is 0.831 bits per heavy atom. The van der Waals surface area contributed by atoms with Gasteiger partial charge in [-0.3, -0.25) is 0 Å². The molecule has 0 aliphatic heterocycles. The second-order valence-electron chi connectivity index (χ2n) is 35.6. The van der Waals surface area contributed by atoms with Crippen LogP contribution in [0.5, 0.6) is 0 Å². The molecule has 0 unspecified atom stereocenters. The maximum absolute atomic E-state index is 14.1. The fourth-order valence-electron chi connectivity index (χ4n) is 21.0. The lowest BCUT2D eigenvalue weighted by Gasteiger charge is -2.26. The summed E-state index contributed by atoms with van der Waals surface area (Å²) in [5.41, 5.74) is 34.7. The first-order chi connectivity index (χ1) is 63.7. The van der Waals surface area contributed by atoms with Gasteiger partial charge in [0.1, 0.15) is 5.82 Å². The molecular weight excluding hydrogens is 1570 g/mol. The van der Waals surface area contributed by atoms with Gasteiger partial charge in [0.25, 0.3) is 0 Å². The Bertz CT molecular complexity index is 8330. The number of halogens is 1. The molecule has 616 valence electrons. The molecule has 0 bridgehead atoms. The van der Waals surface area contributed by atoms with Gasteiger partial charge in [0.2, 0.25) is 0 Å². The zero-order valence-corrected chi connectivity index (χ0v) is 73.7. The molecule has 0 aliphatic carbocycles. The van der Waals surface area contributed by atoms with E-state index in [4.69, 9.17) is 0 Å². The van der Waals surface area contributed by atoms with Crippen molar-refractivity contribution < 1.29 is 4.39 Å². The van der Waals surface area contributed by atoms with Gasteiger partial charge >= 0.3 is 0 Å². The summed E-state index contributed by atoms with van der Waals surface area (Å²) in [6, 6.07) is 155. The minimum atomic E-state index is -0.252. The normalized spacial score (nSPS) is 11.7. The fourth-order valence-corrected chi connectivity index (χ4v) is 21.0. The van der Waals surface area contributed by atoms with Gasteiger partial charge in [0.15, 0.2) is 0 Å². The molecule has 0 saturated carbocycles. The maximum atomic E-state index is 14.1. The first kappa shape index (κ1) is 78.6. The van der Waals surface area contributed by atoms with Crippen LogP contribution < -0.4 is 9.80 Å². The van der Waals surface area contributed by atoms with Crippen LogP contribution in [0.3, 0.4) is 0 Å². The standard InChI is InChI=1S/C65H49N.C62H42FN/c1-40-17-27-51(28-18-40)66(52-29-19-41(2)20-30-52)53-31-23-47(24-32-53)63-55-13-6-8-15-57(55)64(58-16-9-7-14-56(58)63)50-36-42(3)35-49(39-50)60-37-44(5)61(38-43(60)4)54-33-25-48-22-21-45-11-10-12-46-26-34-59(54)65(48)62(45)46;1-39-14-28-50(29-15-39)64(52-32-26-49(63)27-33-52)51-30-22-45(23-31-51)60-54-10-3-5-12-56(54)61(57-13-6-4-11-55(57)60)48-37-40(2)36-47(38-48)41-16-18-42(19-17-41)53-34-24-46-21-20-43-8-7-9-44-25-35-58(53)62(46)59(43)44/h6-39H,1-5H3;3-38H,1-2H3. The van der Waals surface area contributed by atoms with Gasteiger partial charge in [-0.05, 0) is 365 Å². The fraction of sp³-hybridized carbons (Fsp3) is 0.0551. The molecule has 0 N–H and O–H groups in total. The Labute approximate surface area is 757 Å². The van der Waals surface area contributed by atoms with E-state index in [1.165, 1.54) is 242 Å². The number of rotatable bonds is 14. The van der Waals surface area contributed by atoms with E-state index in [2.05, 4.69) is 459 Å². The van der Waals surface area contributed by atoms with Crippen LogP contribution in [0, 0.1) is 54.3 Å². The first-order valence-electron chi connectivity index (χ1n) is 45.2. The van der Waals surface area contributed by atoms with Crippen molar-refractivity contribution >= 4 is 142 Å². The third-order valence-corrected chi connectivity index (χ3v) is 27.1. The summed E-state index contributed by atoms with van der Waals surface area (Å²) < 4.78 is 14.1. The Hall–Kier alpha value is -16.1. The van der Waals surface area contributed by atoms with Crippen molar-refractivity contribution in [1.29, 1.82) is 0 Å². The molecule has 130 heavy (non-hydrogen) atoms. The van der Waals surface area contributed by atoms with E-state index in [0.717, 1.165) is 39.7 Å². The molecule has 24 rings (SSSR count). The summed E-state index contributed by atoms with van der Waals surface area (Å²) in [7, 11) is 0. The van der Waals surface area contributed by atoms with Crippen molar-refractivity contribution in [2.45, 2.75) is 48.5 Å². The lowest BCUT2D eigenvalue weighted by atomic mass is 9.84. The Morgan fingerprint density at radius 1 is 0.162 bits per heavy atom. The molecule has 0 saturated heterocycles. The molecule has 3 heteroatoms. The highest BCUT2D eigenvalue weighted by atomic mass is 19.1. The minimum Gasteiger partial charge on any atom is -0.311 e. The smallest absolute Gasteiger partial charge is 0.123 e. The molecule has 0 aliphatic rings. The van der Waals surface area contributed by atoms with Gasteiger partial charge in [0, 0.05) is 34.1 Å². The molecular formula is C127H91FN2. The third-order valence-electron chi connectivity index (χ3n) is 27.1. The van der Waals surface area contributed by atoms with Gasteiger partial charge in [-0.2, -0.15) is 0 Å². The topological polar surface area (TPSA) is 6.48 Å². The van der Waals surface area contributed by atoms with E-state index in [-0.39, 0.29) is 5.82 Å². The third kappa shape index (κ3) is 13.8. The lowest BCUT2D eigenvalue weighted by molar-refractivity contribution is 0.628. The number of aryl methyl sites for hydroxylation is 7. The van der Waals surface area contributed by atoms with Crippen molar-refractivity contribution in [3.05, 3.63) is 469 Å². The summed E-state index contributed by atoms with van der Waals surface area (Å²) in [5.74, 6) is -0.252. The van der Waals surface area contributed by atoms with E-state index < -0.39 is 0 Å². The van der Waals surface area contributed by atoms with E-state index in [1.54, 1.807) is 0 Å². The number of benzene rings is 24. The predicted octanol–water partition coefficient (Wildman–Crippen LogP) is 36.4. The molecule has 0 amide bonds. The number of anilines is 6. The van der Waals surface area contributed by atoms with E-state index >= 15 is 0 Å². The highest BCUT2D eigenvalue weighted by molar-refractivity contribution is 6.28. The van der Waals surface area contributed by atoms with Crippen LogP contribution in [0.1, 0.15) is 38.9 Å². The molecule has 24 aromatic carbocycles. The van der Waals surface area contributed by atoms with Crippen LogP contribution in [-0.2, 0) is 0 Å². The Kier molecular flexibility index (Phi) is 19.4. The van der Waals surface area contributed by atoms with Crippen molar-refractivity contribution in [3.8, 4) is 89.0 Å². The van der Waals surface area contributed by atoms with Gasteiger partial charge in [-0.25, -0.2) is 4.39 Å². The van der Waals surface area contributed by atoms with Crippen molar-refractivity contribution in [2.24, 2.45) is 0 Å². The van der Waals surface area contributed by atoms with Gasteiger partial charge in [-0.15, -0.1) is 0 Å². The minimum absolute atomic E-state index is 0.252.